The summed E-state index contributed by atoms with van der Waals surface area (Å²) >= 11 is 12.1. The van der Waals surface area contributed by atoms with Gasteiger partial charge in [0.05, 0.1) is 22.6 Å². The van der Waals surface area contributed by atoms with E-state index in [0.717, 1.165) is 6.42 Å². The molecule has 0 N–H and O–H groups in total. The minimum absolute atomic E-state index is 0.147. The van der Waals surface area contributed by atoms with Crippen LogP contribution in [0.25, 0.3) is 16.6 Å². The number of amides is 1. The highest BCUT2D eigenvalue weighted by Crippen LogP contribution is 2.25. The smallest absolute Gasteiger partial charge is 0.266 e. The number of hydrogen-bond acceptors (Lipinski definition) is 3. The van der Waals surface area contributed by atoms with E-state index in [4.69, 9.17) is 28.2 Å². The fourth-order valence-electron chi connectivity index (χ4n) is 3.88. The molecule has 0 aliphatic heterocycles. The molecule has 0 aliphatic carbocycles. The fraction of sp³-hybridized carbons (Fsp3) is 0.192. The van der Waals surface area contributed by atoms with Gasteiger partial charge in [0, 0.05) is 22.2 Å². The van der Waals surface area contributed by atoms with Gasteiger partial charge in [0.2, 0.25) is 0 Å². The van der Waals surface area contributed by atoms with Crippen molar-refractivity contribution in [3.05, 3.63) is 105 Å². The highest BCUT2D eigenvalue weighted by Gasteiger charge is 2.27. The molecule has 0 saturated carbocycles. The molecule has 0 bridgehead atoms. The van der Waals surface area contributed by atoms with E-state index < -0.39 is 6.04 Å². The molecule has 0 saturated heterocycles. The molecule has 4 rings (SSSR count). The monoisotopic (exact) mass is 479 g/mol. The van der Waals surface area contributed by atoms with Gasteiger partial charge in [-0.15, -0.1) is 0 Å². The largest absolute Gasteiger partial charge is 0.329 e. The third-order valence-corrected chi connectivity index (χ3v) is 6.05. The zero-order valence-corrected chi connectivity index (χ0v) is 19.8. The maximum Gasteiger partial charge on any atom is 0.266 e. The second-order valence-corrected chi connectivity index (χ2v) is 8.66. The molecule has 4 aromatic rings. The minimum atomic E-state index is -0.471. The number of aromatic nitrogens is 2. The van der Waals surface area contributed by atoms with Crippen molar-refractivity contribution < 1.29 is 4.79 Å². The first-order chi connectivity index (χ1) is 15.9. The Bertz CT molecular complexity index is 1350. The van der Waals surface area contributed by atoms with Gasteiger partial charge in [-0.1, -0.05) is 42.3 Å². The second-order valence-electron chi connectivity index (χ2n) is 7.79. The van der Waals surface area contributed by atoms with Crippen molar-refractivity contribution in [2.75, 3.05) is 6.54 Å². The third kappa shape index (κ3) is 4.65. The van der Waals surface area contributed by atoms with Crippen molar-refractivity contribution in [2.24, 2.45) is 0 Å². The van der Waals surface area contributed by atoms with Crippen LogP contribution in [0.4, 0.5) is 0 Å². The van der Waals surface area contributed by atoms with Crippen molar-refractivity contribution in [2.45, 2.75) is 26.3 Å². The Balaban J connectivity index is 1.89. The number of nitrogens with zero attached hydrogens (tertiary/aromatic N) is 3. The number of para-hydroxylation sites is 1. The molecule has 1 atom stereocenters. The zero-order chi connectivity index (χ0) is 23.5. The van der Waals surface area contributed by atoms with Crippen molar-refractivity contribution in [3.8, 4) is 5.69 Å². The van der Waals surface area contributed by atoms with Crippen LogP contribution in [0.3, 0.4) is 0 Å². The van der Waals surface area contributed by atoms with Gasteiger partial charge < -0.3 is 4.90 Å². The Morgan fingerprint density at radius 3 is 2.21 bits per heavy atom. The summed E-state index contributed by atoms with van der Waals surface area (Å²) in [6, 6.07) is 20.6. The number of hydrogen-bond donors (Lipinski definition) is 0. The van der Waals surface area contributed by atoms with Gasteiger partial charge in [0.25, 0.3) is 11.5 Å². The quantitative estimate of drug-likeness (QED) is 0.325. The molecule has 0 radical (unpaired) electrons. The molecule has 3 aromatic carbocycles. The molecule has 0 aliphatic rings. The first-order valence-corrected chi connectivity index (χ1v) is 11.5. The number of carbonyl (C=O) groups excluding carboxylic acids is 1. The topological polar surface area (TPSA) is 55.2 Å². The lowest BCUT2D eigenvalue weighted by atomic mass is 10.1. The summed E-state index contributed by atoms with van der Waals surface area (Å²) in [4.78, 5) is 33.6. The summed E-state index contributed by atoms with van der Waals surface area (Å²) in [5.74, 6) is 0.336. The minimum Gasteiger partial charge on any atom is -0.329 e. The Hall–Kier alpha value is -3.15. The SMILES string of the molecule is CCCN(C(=O)c1ccc(Cl)cc1)C(C)c1nc2ccccc2c(=O)n1-c1ccc(Cl)cc1. The van der Waals surface area contributed by atoms with E-state index in [1.807, 2.05) is 32.0 Å². The van der Waals surface area contributed by atoms with Crippen LogP contribution in [-0.4, -0.2) is 26.9 Å². The maximum absolute atomic E-state index is 13.6. The molecule has 5 nitrogen and oxygen atoms in total. The predicted octanol–water partition coefficient (Wildman–Crippen LogP) is 6.31. The predicted molar refractivity (Wildman–Crippen MR) is 134 cm³/mol. The Morgan fingerprint density at radius 1 is 0.970 bits per heavy atom. The van der Waals surface area contributed by atoms with E-state index in [2.05, 4.69) is 0 Å². The van der Waals surface area contributed by atoms with Crippen molar-refractivity contribution in [3.63, 3.8) is 0 Å². The fourth-order valence-corrected chi connectivity index (χ4v) is 4.13. The van der Waals surface area contributed by atoms with Gasteiger partial charge in [-0.3, -0.25) is 14.2 Å². The van der Waals surface area contributed by atoms with E-state index in [9.17, 15) is 9.59 Å². The van der Waals surface area contributed by atoms with Gasteiger partial charge in [0.1, 0.15) is 5.82 Å². The maximum atomic E-state index is 13.6. The van der Waals surface area contributed by atoms with Crippen molar-refractivity contribution in [1.29, 1.82) is 0 Å². The van der Waals surface area contributed by atoms with Gasteiger partial charge >= 0.3 is 0 Å². The normalized spacial score (nSPS) is 12.0. The number of benzene rings is 3. The lowest BCUT2D eigenvalue weighted by molar-refractivity contribution is 0.0681. The van der Waals surface area contributed by atoms with Crippen LogP contribution in [0.1, 0.15) is 42.5 Å². The number of halogens is 2. The van der Waals surface area contributed by atoms with Crippen LogP contribution in [-0.2, 0) is 0 Å². The molecule has 168 valence electrons. The summed E-state index contributed by atoms with van der Waals surface area (Å²) in [6.45, 7) is 4.41. The Morgan fingerprint density at radius 2 is 1.58 bits per heavy atom. The average Bonchev–Trinajstić information content (AvgIpc) is 2.83. The molecule has 1 aromatic heterocycles. The van der Waals surface area contributed by atoms with E-state index >= 15 is 0 Å². The average molecular weight is 480 g/mol. The van der Waals surface area contributed by atoms with Crippen LogP contribution < -0.4 is 5.56 Å². The Labute approximate surface area is 202 Å². The van der Waals surface area contributed by atoms with Gasteiger partial charge in [-0.2, -0.15) is 0 Å². The molecule has 0 fully saturated rings. The lowest BCUT2D eigenvalue weighted by Crippen LogP contribution is -2.38. The zero-order valence-electron chi connectivity index (χ0n) is 18.3. The molecule has 0 spiro atoms. The van der Waals surface area contributed by atoms with Gasteiger partial charge in [-0.25, -0.2) is 4.98 Å². The lowest BCUT2D eigenvalue weighted by Gasteiger charge is -2.30. The highest BCUT2D eigenvalue weighted by molar-refractivity contribution is 6.30. The molecular formula is C26H23Cl2N3O2. The summed E-state index contributed by atoms with van der Waals surface area (Å²) < 4.78 is 1.57. The summed E-state index contributed by atoms with van der Waals surface area (Å²) in [6.07, 6.45) is 0.752. The summed E-state index contributed by atoms with van der Waals surface area (Å²) in [7, 11) is 0. The van der Waals surface area contributed by atoms with Crippen LogP contribution in [0.5, 0.6) is 0 Å². The Kier molecular flexibility index (Phi) is 6.82. The van der Waals surface area contributed by atoms with Crippen molar-refractivity contribution in [1.82, 2.24) is 14.5 Å². The molecule has 1 unspecified atom stereocenters. The van der Waals surface area contributed by atoms with Crippen LogP contribution in [0, 0.1) is 0 Å². The molecule has 33 heavy (non-hydrogen) atoms. The highest BCUT2D eigenvalue weighted by atomic mass is 35.5. The van der Waals surface area contributed by atoms with E-state index in [-0.39, 0.29) is 11.5 Å². The van der Waals surface area contributed by atoms with Crippen LogP contribution in [0.15, 0.2) is 77.6 Å². The molecular weight excluding hydrogens is 457 g/mol. The first-order valence-electron chi connectivity index (χ1n) is 10.7. The van der Waals surface area contributed by atoms with Crippen molar-refractivity contribution >= 4 is 40.0 Å². The van der Waals surface area contributed by atoms with Gasteiger partial charge in [-0.05, 0) is 74.0 Å². The number of rotatable bonds is 6. The summed E-state index contributed by atoms with van der Waals surface area (Å²) in [5, 5.41) is 1.64. The third-order valence-electron chi connectivity index (χ3n) is 5.54. The van der Waals surface area contributed by atoms with E-state index in [1.165, 1.54) is 0 Å². The molecule has 1 heterocycles. The molecule has 7 heteroatoms. The number of fused-ring (bicyclic) bond motifs is 1. The van der Waals surface area contributed by atoms with E-state index in [0.29, 0.717) is 44.6 Å². The van der Waals surface area contributed by atoms with Gasteiger partial charge in [0.15, 0.2) is 0 Å². The summed E-state index contributed by atoms with van der Waals surface area (Å²) in [5.41, 5.74) is 1.56. The van der Waals surface area contributed by atoms with Crippen LogP contribution >= 0.6 is 23.2 Å². The first kappa shape index (κ1) is 23.0. The second kappa shape index (κ2) is 9.77. The number of carbonyl (C=O) groups is 1. The standard InChI is InChI=1S/C26H23Cl2N3O2/c1-3-16-30(25(32)18-8-10-19(27)11-9-18)17(2)24-29-23-7-5-4-6-22(23)26(33)31(24)21-14-12-20(28)13-15-21/h4-15,17H,3,16H2,1-2H3. The van der Waals surface area contributed by atoms with E-state index in [1.54, 1.807) is 64.1 Å². The van der Waals surface area contributed by atoms with Crippen LogP contribution in [0.2, 0.25) is 10.0 Å². The molecule has 1 amide bonds.